The van der Waals surface area contributed by atoms with Crippen molar-refractivity contribution >= 4 is 17.9 Å². The van der Waals surface area contributed by atoms with Gasteiger partial charge in [-0.1, -0.05) is 169 Å². The van der Waals surface area contributed by atoms with Crippen molar-refractivity contribution in [3.63, 3.8) is 0 Å². The highest BCUT2D eigenvalue weighted by Crippen LogP contribution is 2.39. The first-order chi connectivity index (χ1) is 21.1. The standard InChI is InChI=1S/C34H68O2.2C2H4O2/c1-6-11-15-20-26-32(27-21-16-12-7-2)28-22-19-25-31-34(33(35)36-10-5,29-23-17-13-8-3)30-24-18-14-9-4;2*1-2(3)4/h32H,6-31H2,1-5H3;2*1H3,(H,3,4). The minimum Gasteiger partial charge on any atom is -0.481 e. The van der Waals surface area contributed by atoms with Gasteiger partial charge in [-0.05, 0) is 32.1 Å². The molecule has 0 unspecified atom stereocenters. The third-order valence-corrected chi connectivity index (χ3v) is 8.43. The van der Waals surface area contributed by atoms with E-state index >= 15 is 0 Å². The van der Waals surface area contributed by atoms with E-state index in [0.717, 1.165) is 39.0 Å². The molecule has 0 amide bonds. The van der Waals surface area contributed by atoms with Crippen molar-refractivity contribution in [3.8, 4) is 0 Å². The highest BCUT2D eigenvalue weighted by atomic mass is 16.5. The first-order valence-electron chi connectivity index (χ1n) is 18.6. The van der Waals surface area contributed by atoms with Gasteiger partial charge in [0.1, 0.15) is 0 Å². The average molecular weight is 629 g/mol. The average Bonchev–Trinajstić information content (AvgIpc) is 2.96. The van der Waals surface area contributed by atoms with E-state index in [-0.39, 0.29) is 11.4 Å². The number of carbonyl (C=O) groups excluding carboxylic acids is 1. The van der Waals surface area contributed by atoms with E-state index < -0.39 is 11.9 Å². The van der Waals surface area contributed by atoms with Gasteiger partial charge in [0, 0.05) is 13.8 Å². The Balaban J connectivity index is -0.00000186. The van der Waals surface area contributed by atoms with Gasteiger partial charge in [-0.25, -0.2) is 0 Å². The molecule has 0 aliphatic carbocycles. The van der Waals surface area contributed by atoms with E-state index in [2.05, 4.69) is 27.7 Å². The summed E-state index contributed by atoms with van der Waals surface area (Å²) in [4.78, 5) is 31.3. The third kappa shape index (κ3) is 34.9. The number of esters is 1. The summed E-state index contributed by atoms with van der Waals surface area (Å²) in [7, 11) is 0. The van der Waals surface area contributed by atoms with Gasteiger partial charge < -0.3 is 14.9 Å². The minimum absolute atomic E-state index is 0.114. The van der Waals surface area contributed by atoms with Crippen LogP contribution in [0.15, 0.2) is 0 Å². The summed E-state index contributed by atoms with van der Waals surface area (Å²) in [6.45, 7) is 13.8. The summed E-state index contributed by atoms with van der Waals surface area (Å²) in [5, 5.41) is 14.8. The van der Waals surface area contributed by atoms with Gasteiger partial charge in [-0.15, -0.1) is 0 Å². The van der Waals surface area contributed by atoms with Gasteiger partial charge in [0.15, 0.2) is 0 Å². The Kier molecular flexibility index (Phi) is 38.2. The molecule has 6 heteroatoms. The van der Waals surface area contributed by atoms with Gasteiger partial charge in [-0.3, -0.25) is 14.4 Å². The monoisotopic (exact) mass is 629 g/mol. The molecule has 2 N–H and O–H groups in total. The number of rotatable bonds is 28. The minimum atomic E-state index is -0.833. The van der Waals surface area contributed by atoms with Crippen LogP contribution in [0.5, 0.6) is 0 Å². The molecule has 6 nitrogen and oxygen atoms in total. The zero-order valence-electron chi connectivity index (χ0n) is 30.5. The second-order valence-corrected chi connectivity index (χ2v) is 12.8. The van der Waals surface area contributed by atoms with Crippen molar-refractivity contribution in [2.45, 2.75) is 209 Å². The largest absolute Gasteiger partial charge is 0.481 e. The highest BCUT2D eigenvalue weighted by Gasteiger charge is 2.38. The summed E-state index contributed by atoms with van der Waals surface area (Å²) < 4.78 is 5.71. The van der Waals surface area contributed by atoms with Gasteiger partial charge >= 0.3 is 5.97 Å². The molecule has 0 saturated heterocycles. The second kappa shape index (κ2) is 35.9. The number of carboxylic acid groups (broad SMARTS) is 2. The molecule has 0 aromatic carbocycles. The second-order valence-electron chi connectivity index (χ2n) is 12.8. The van der Waals surface area contributed by atoms with Crippen LogP contribution in [0, 0.1) is 11.3 Å². The fourth-order valence-corrected chi connectivity index (χ4v) is 5.97. The lowest BCUT2D eigenvalue weighted by molar-refractivity contribution is -0.157. The fraction of sp³-hybridized carbons (Fsp3) is 0.921. The van der Waals surface area contributed by atoms with Crippen LogP contribution in [0.4, 0.5) is 0 Å². The molecule has 0 aliphatic rings. The normalized spacial score (nSPS) is 10.9. The molecule has 0 atom stereocenters. The molecule has 0 heterocycles. The van der Waals surface area contributed by atoms with E-state index in [1.807, 2.05) is 6.92 Å². The summed E-state index contributed by atoms with van der Waals surface area (Å²) in [5.41, 5.74) is -0.225. The summed E-state index contributed by atoms with van der Waals surface area (Å²) in [6.07, 6.45) is 32.3. The molecule has 0 aromatic rings. The van der Waals surface area contributed by atoms with Crippen LogP contribution in [0.3, 0.4) is 0 Å². The molecule has 264 valence electrons. The van der Waals surface area contributed by atoms with Gasteiger partial charge in [-0.2, -0.15) is 0 Å². The number of hydrogen-bond donors (Lipinski definition) is 2. The molecule has 0 fully saturated rings. The fourth-order valence-electron chi connectivity index (χ4n) is 5.97. The van der Waals surface area contributed by atoms with Crippen molar-refractivity contribution in [1.82, 2.24) is 0 Å². The van der Waals surface area contributed by atoms with Gasteiger partial charge in [0.2, 0.25) is 0 Å². The summed E-state index contributed by atoms with van der Waals surface area (Å²) >= 11 is 0. The van der Waals surface area contributed by atoms with Crippen molar-refractivity contribution in [2.24, 2.45) is 11.3 Å². The number of aliphatic carboxylic acids is 2. The Morgan fingerprint density at radius 1 is 0.500 bits per heavy atom. The van der Waals surface area contributed by atoms with Crippen LogP contribution < -0.4 is 0 Å². The maximum Gasteiger partial charge on any atom is 0.312 e. The molecule has 0 radical (unpaired) electrons. The predicted molar refractivity (Wildman–Crippen MR) is 187 cm³/mol. The Labute approximate surface area is 273 Å². The SMILES string of the molecule is CC(=O)O.CC(=O)O.CCCCCCC(CCCCCC)CCCCCC(CCCCCC)(CCCCCC)C(=O)OCC. The zero-order chi connectivity index (χ0) is 33.9. The Morgan fingerprint density at radius 2 is 0.773 bits per heavy atom. The van der Waals surface area contributed by atoms with Crippen LogP contribution in [0.2, 0.25) is 0 Å². The van der Waals surface area contributed by atoms with Crippen LogP contribution in [-0.4, -0.2) is 34.7 Å². The number of carbonyl (C=O) groups is 3. The molecule has 0 rings (SSSR count). The number of carboxylic acids is 2. The number of ether oxygens (including phenoxy) is 1. The maximum absolute atomic E-state index is 13.3. The van der Waals surface area contributed by atoms with Gasteiger partial charge in [0.25, 0.3) is 11.9 Å². The van der Waals surface area contributed by atoms with Crippen LogP contribution >= 0.6 is 0 Å². The topological polar surface area (TPSA) is 101 Å². The van der Waals surface area contributed by atoms with E-state index in [0.29, 0.717) is 6.61 Å². The Hall–Kier alpha value is -1.59. The van der Waals surface area contributed by atoms with Crippen molar-refractivity contribution in [2.75, 3.05) is 6.61 Å². The van der Waals surface area contributed by atoms with E-state index in [1.54, 1.807) is 0 Å². The molecule has 0 spiro atoms. The highest BCUT2D eigenvalue weighted by molar-refractivity contribution is 5.76. The Bertz CT molecular complexity index is 589. The van der Waals surface area contributed by atoms with E-state index in [1.165, 1.54) is 141 Å². The molecular weight excluding hydrogens is 552 g/mol. The smallest absolute Gasteiger partial charge is 0.312 e. The summed E-state index contributed by atoms with van der Waals surface area (Å²) in [5.74, 6) is -0.626. The molecule has 0 aliphatic heterocycles. The first kappa shape index (κ1) is 46.8. The van der Waals surface area contributed by atoms with Gasteiger partial charge in [0.05, 0.1) is 12.0 Å². The lowest BCUT2D eigenvalue weighted by atomic mass is 9.73. The van der Waals surface area contributed by atoms with Crippen molar-refractivity contribution in [1.29, 1.82) is 0 Å². The van der Waals surface area contributed by atoms with Crippen LogP contribution in [0.25, 0.3) is 0 Å². The molecule has 44 heavy (non-hydrogen) atoms. The molecule has 0 aromatic heterocycles. The lowest BCUT2D eigenvalue weighted by Gasteiger charge is -2.32. The van der Waals surface area contributed by atoms with Crippen LogP contribution in [-0.2, 0) is 19.1 Å². The lowest BCUT2D eigenvalue weighted by Crippen LogP contribution is -2.33. The van der Waals surface area contributed by atoms with E-state index in [9.17, 15) is 4.79 Å². The summed E-state index contributed by atoms with van der Waals surface area (Å²) in [6, 6.07) is 0. The van der Waals surface area contributed by atoms with Crippen molar-refractivity contribution in [3.05, 3.63) is 0 Å². The molecule has 0 saturated carbocycles. The first-order valence-corrected chi connectivity index (χ1v) is 18.6. The predicted octanol–water partition coefficient (Wildman–Crippen LogP) is 12.2. The van der Waals surface area contributed by atoms with E-state index in [4.69, 9.17) is 24.5 Å². The quantitative estimate of drug-likeness (QED) is 0.0660. The maximum atomic E-state index is 13.3. The number of hydrogen-bond acceptors (Lipinski definition) is 4. The Morgan fingerprint density at radius 3 is 1.05 bits per heavy atom. The van der Waals surface area contributed by atoms with Crippen molar-refractivity contribution < 1.29 is 29.3 Å². The molecular formula is C38H76O6. The number of unbranched alkanes of at least 4 members (excludes halogenated alkanes) is 14. The molecule has 0 bridgehead atoms. The zero-order valence-corrected chi connectivity index (χ0v) is 30.5. The third-order valence-electron chi connectivity index (χ3n) is 8.43. The van der Waals surface area contributed by atoms with Crippen LogP contribution in [0.1, 0.15) is 209 Å².